The number of benzene rings is 1. The Hall–Kier alpha value is -2.87. The molecule has 154 valence electrons. The molecule has 1 atom stereocenters. The molecular weight excluding hydrogens is 370 g/mol. The van der Waals surface area contributed by atoms with Gasteiger partial charge in [-0.15, -0.1) is 0 Å². The first-order chi connectivity index (χ1) is 13.8. The third-order valence-corrected chi connectivity index (χ3v) is 5.50. The summed E-state index contributed by atoms with van der Waals surface area (Å²) in [5, 5.41) is 9.14. The number of aryl methyl sites for hydroxylation is 3. The molecule has 4 rings (SSSR count). The average molecular weight is 397 g/mol. The zero-order chi connectivity index (χ0) is 20.9. The Morgan fingerprint density at radius 3 is 2.48 bits per heavy atom. The Bertz CT molecular complexity index is 1180. The van der Waals surface area contributed by atoms with Gasteiger partial charge in [0.1, 0.15) is 0 Å². The fourth-order valence-corrected chi connectivity index (χ4v) is 4.26. The minimum absolute atomic E-state index is 0.0737. The topological polar surface area (TPSA) is 85.3 Å². The first kappa shape index (κ1) is 19.4. The number of aliphatic hydroxyl groups excluding tert-OH is 1. The van der Waals surface area contributed by atoms with Crippen LogP contribution in [-0.2, 0) is 20.1 Å². The van der Waals surface area contributed by atoms with Gasteiger partial charge in [0.05, 0.1) is 0 Å². The van der Waals surface area contributed by atoms with E-state index < -0.39 is 5.69 Å². The Labute approximate surface area is 168 Å². The van der Waals surface area contributed by atoms with Crippen molar-refractivity contribution < 1.29 is 5.11 Å². The molecular formula is C21H27N5O3. The van der Waals surface area contributed by atoms with Crippen LogP contribution in [0.2, 0.25) is 0 Å². The molecule has 3 aromatic rings. The largest absolute Gasteiger partial charge is 0.396 e. The molecule has 0 saturated carbocycles. The summed E-state index contributed by atoms with van der Waals surface area (Å²) in [4.78, 5) is 32.8. The maximum Gasteiger partial charge on any atom is 0.332 e. The summed E-state index contributed by atoms with van der Waals surface area (Å²) in [7, 11) is 1.64. The number of hydrogen-bond donors (Lipinski definition) is 1. The highest BCUT2D eigenvalue weighted by Gasteiger charge is 2.29. The van der Waals surface area contributed by atoms with Crippen molar-refractivity contribution in [3.05, 3.63) is 50.2 Å². The van der Waals surface area contributed by atoms with Crippen molar-refractivity contribution in [2.45, 2.75) is 40.3 Å². The van der Waals surface area contributed by atoms with Crippen LogP contribution in [0.5, 0.6) is 0 Å². The molecule has 0 spiro atoms. The molecule has 1 aromatic carbocycles. The van der Waals surface area contributed by atoms with Crippen molar-refractivity contribution in [3.63, 3.8) is 0 Å². The van der Waals surface area contributed by atoms with E-state index in [0.29, 0.717) is 36.0 Å². The molecule has 0 radical (unpaired) electrons. The highest BCUT2D eigenvalue weighted by atomic mass is 16.3. The van der Waals surface area contributed by atoms with Gasteiger partial charge < -0.3 is 14.6 Å². The second-order valence-electron chi connectivity index (χ2n) is 8.13. The Morgan fingerprint density at radius 1 is 1.14 bits per heavy atom. The molecule has 29 heavy (non-hydrogen) atoms. The van der Waals surface area contributed by atoms with Crippen LogP contribution < -0.4 is 16.1 Å². The monoisotopic (exact) mass is 397 g/mol. The summed E-state index contributed by atoms with van der Waals surface area (Å²) in [6, 6.07) is 6.37. The number of rotatable bonds is 4. The lowest BCUT2D eigenvalue weighted by molar-refractivity contribution is 0.277. The van der Waals surface area contributed by atoms with Crippen LogP contribution in [0, 0.1) is 19.8 Å². The van der Waals surface area contributed by atoms with Gasteiger partial charge in [0.25, 0.3) is 5.56 Å². The van der Waals surface area contributed by atoms with Crippen molar-refractivity contribution in [2.24, 2.45) is 13.0 Å². The summed E-state index contributed by atoms with van der Waals surface area (Å²) in [5.74, 6) is 0.998. The minimum Gasteiger partial charge on any atom is -0.396 e. The van der Waals surface area contributed by atoms with Gasteiger partial charge in [0.15, 0.2) is 11.2 Å². The average Bonchev–Trinajstić information content (AvgIpc) is 3.04. The number of fused-ring (bicyclic) bond motifs is 3. The normalized spacial score (nSPS) is 16.4. The van der Waals surface area contributed by atoms with Crippen molar-refractivity contribution in [3.8, 4) is 0 Å². The summed E-state index contributed by atoms with van der Waals surface area (Å²) in [6.07, 6.45) is 0.354. The lowest BCUT2D eigenvalue weighted by Gasteiger charge is -2.33. The Morgan fingerprint density at radius 2 is 1.83 bits per heavy atom. The van der Waals surface area contributed by atoms with E-state index in [-0.39, 0.29) is 18.7 Å². The third-order valence-electron chi connectivity index (χ3n) is 5.50. The van der Waals surface area contributed by atoms with E-state index in [9.17, 15) is 9.59 Å². The standard InChI is InChI=1S/C21H27N5O3/c1-13-8-14(2)10-16(9-13)25-11-15(3)12-26-17-18(22-20(25)26)23(4)21(29)24(19(17)28)6-5-7-27/h8-10,15,27H,5-7,11-12H2,1-4H3/t15-/m0/s1. The summed E-state index contributed by atoms with van der Waals surface area (Å²) < 4.78 is 4.58. The number of imidazole rings is 1. The van der Waals surface area contributed by atoms with Crippen LogP contribution in [0.25, 0.3) is 11.2 Å². The molecule has 8 heteroatoms. The van der Waals surface area contributed by atoms with E-state index in [4.69, 9.17) is 10.1 Å². The molecule has 0 amide bonds. The predicted molar refractivity (Wildman–Crippen MR) is 113 cm³/mol. The van der Waals surface area contributed by atoms with Gasteiger partial charge in [-0.3, -0.25) is 13.9 Å². The molecule has 0 fully saturated rings. The number of nitrogens with zero attached hydrogens (tertiary/aromatic N) is 5. The van der Waals surface area contributed by atoms with Gasteiger partial charge in [0.2, 0.25) is 5.95 Å². The summed E-state index contributed by atoms with van der Waals surface area (Å²) in [6.45, 7) is 7.85. The molecule has 3 heterocycles. The molecule has 0 saturated heterocycles. The molecule has 1 N–H and O–H groups in total. The molecule has 2 aromatic heterocycles. The number of anilines is 2. The van der Waals surface area contributed by atoms with E-state index in [1.807, 2.05) is 4.57 Å². The van der Waals surface area contributed by atoms with E-state index in [0.717, 1.165) is 12.2 Å². The Balaban J connectivity index is 1.98. The van der Waals surface area contributed by atoms with Crippen LogP contribution in [-0.4, -0.2) is 36.9 Å². The van der Waals surface area contributed by atoms with Gasteiger partial charge in [-0.25, -0.2) is 4.79 Å². The maximum absolute atomic E-state index is 13.2. The fraction of sp³-hybridized carbons (Fsp3) is 0.476. The van der Waals surface area contributed by atoms with Gasteiger partial charge in [-0.2, -0.15) is 4.98 Å². The third kappa shape index (κ3) is 3.17. The van der Waals surface area contributed by atoms with Crippen LogP contribution >= 0.6 is 0 Å². The first-order valence-corrected chi connectivity index (χ1v) is 9.98. The molecule has 0 bridgehead atoms. The number of aliphatic hydroxyl groups is 1. The fourth-order valence-electron chi connectivity index (χ4n) is 4.26. The van der Waals surface area contributed by atoms with Gasteiger partial charge >= 0.3 is 5.69 Å². The van der Waals surface area contributed by atoms with Crippen LogP contribution in [0.4, 0.5) is 11.6 Å². The van der Waals surface area contributed by atoms with Crippen LogP contribution in [0.15, 0.2) is 27.8 Å². The molecule has 0 unspecified atom stereocenters. The number of hydrogen-bond acceptors (Lipinski definition) is 5. The minimum atomic E-state index is -0.405. The van der Waals surface area contributed by atoms with E-state index in [1.54, 1.807) is 7.05 Å². The van der Waals surface area contributed by atoms with E-state index >= 15 is 0 Å². The molecule has 8 nitrogen and oxygen atoms in total. The zero-order valence-corrected chi connectivity index (χ0v) is 17.3. The summed E-state index contributed by atoms with van der Waals surface area (Å²) >= 11 is 0. The molecule has 1 aliphatic rings. The first-order valence-electron chi connectivity index (χ1n) is 9.98. The smallest absolute Gasteiger partial charge is 0.332 e. The lowest BCUT2D eigenvalue weighted by Crippen LogP contribution is -2.40. The Kier molecular flexibility index (Phi) is 4.82. The van der Waals surface area contributed by atoms with Gasteiger partial charge in [0, 0.05) is 39.0 Å². The maximum atomic E-state index is 13.2. The molecule has 1 aliphatic heterocycles. The zero-order valence-electron chi connectivity index (χ0n) is 17.3. The summed E-state index contributed by atoms with van der Waals surface area (Å²) in [5.41, 5.74) is 3.47. The lowest BCUT2D eigenvalue weighted by atomic mass is 10.1. The van der Waals surface area contributed by atoms with Crippen molar-refractivity contribution in [1.29, 1.82) is 0 Å². The quantitative estimate of drug-likeness (QED) is 0.724. The van der Waals surface area contributed by atoms with Crippen molar-refractivity contribution in [1.82, 2.24) is 18.7 Å². The van der Waals surface area contributed by atoms with Crippen LogP contribution in [0.1, 0.15) is 24.5 Å². The molecule has 0 aliphatic carbocycles. The number of aromatic nitrogens is 4. The highest BCUT2D eigenvalue weighted by molar-refractivity contribution is 5.77. The second-order valence-corrected chi connectivity index (χ2v) is 8.13. The van der Waals surface area contributed by atoms with Crippen molar-refractivity contribution >= 4 is 22.8 Å². The SMILES string of the molecule is Cc1cc(C)cc(N2C[C@H](C)Cn3c2nc2c3c(=O)n(CCCO)c(=O)n2C)c1. The van der Waals surface area contributed by atoms with Crippen LogP contribution in [0.3, 0.4) is 0 Å². The van der Waals surface area contributed by atoms with E-state index in [1.165, 1.54) is 20.3 Å². The van der Waals surface area contributed by atoms with E-state index in [2.05, 4.69) is 43.9 Å². The second kappa shape index (κ2) is 7.18. The van der Waals surface area contributed by atoms with Crippen molar-refractivity contribution in [2.75, 3.05) is 18.1 Å². The highest BCUT2D eigenvalue weighted by Crippen LogP contribution is 2.33. The van der Waals surface area contributed by atoms with Gasteiger partial charge in [-0.05, 0) is 49.4 Å². The van der Waals surface area contributed by atoms with Gasteiger partial charge in [-0.1, -0.05) is 13.0 Å². The predicted octanol–water partition coefficient (Wildman–Crippen LogP) is 1.68.